The third-order valence-corrected chi connectivity index (χ3v) is 3.97. The van der Waals surface area contributed by atoms with E-state index in [2.05, 4.69) is 10.6 Å². The van der Waals surface area contributed by atoms with Gasteiger partial charge < -0.3 is 10.6 Å². The first-order valence-electron chi connectivity index (χ1n) is 6.60. The molecular weight excluding hydrogens is 288 g/mol. The molecule has 1 aromatic carbocycles. The molecule has 0 heterocycles. The van der Waals surface area contributed by atoms with E-state index in [-0.39, 0.29) is 29.3 Å². The van der Waals surface area contributed by atoms with Gasteiger partial charge in [-0.2, -0.15) is 0 Å². The van der Waals surface area contributed by atoms with Crippen LogP contribution in [0.3, 0.4) is 0 Å². The number of carbonyl (C=O) groups is 3. The number of thioether (sulfide) groups is 1. The van der Waals surface area contributed by atoms with Gasteiger partial charge in [0.2, 0.25) is 5.91 Å². The summed E-state index contributed by atoms with van der Waals surface area (Å²) in [6.07, 6.45) is 0. The molecule has 0 saturated carbocycles. The number of hydrogen-bond acceptors (Lipinski definition) is 5. The molecule has 6 heteroatoms. The first-order valence-corrected chi connectivity index (χ1v) is 7.75. The Bertz CT molecular complexity index is 514. The number of benzene rings is 1. The van der Waals surface area contributed by atoms with E-state index < -0.39 is 0 Å². The van der Waals surface area contributed by atoms with Crippen molar-refractivity contribution in [3.05, 3.63) is 29.8 Å². The summed E-state index contributed by atoms with van der Waals surface area (Å²) in [6, 6.07) is 6.53. The highest BCUT2D eigenvalue weighted by atomic mass is 32.2. The van der Waals surface area contributed by atoms with Crippen LogP contribution in [0.15, 0.2) is 24.3 Å². The molecule has 21 heavy (non-hydrogen) atoms. The second-order valence-corrected chi connectivity index (χ2v) is 5.68. The van der Waals surface area contributed by atoms with Gasteiger partial charge in [-0.1, -0.05) is 0 Å². The van der Waals surface area contributed by atoms with Crippen molar-refractivity contribution in [2.75, 3.05) is 23.9 Å². The van der Waals surface area contributed by atoms with E-state index in [1.165, 1.54) is 25.6 Å². The zero-order valence-electron chi connectivity index (χ0n) is 12.4. The van der Waals surface area contributed by atoms with Crippen LogP contribution in [0.2, 0.25) is 0 Å². The van der Waals surface area contributed by atoms with Gasteiger partial charge in [0.05, 0.1) is 11.8 Å². The molecule has 0 aliphatic carbocycles. The van der Waals surface area contributed by atoms with E-state index in [0.717, 1.165) is 0 Å². The summed E-state index contributed by atoms with van der Waals surface area (Å²) in [5, 5.41) is 5.66. The SMILES string of the molecule is CNC(CSCC(=O)Nc1ccc(C(C)=O)cc1)C(C)=O. The molecule has 1 atom stereocenters. The van der Waals surface area contributed by atoms with E-state index in [1.54, 1.807) is 31.3 Å². The van der Waals surface area contributed by atoms with Gasteiger partial charge in [-0.25, -0.2) is 0 Å². The third-order valence-electron chi connectivity index (χ3n) is 2.93. The molecule has 0 saturated heterocycles. The van der Waals surface area contributed by atoms with Crippen LogP contribution >= 0.6 is 11.8 Å². The fourth-order valence-electron chi connectivity index (χ4n) is 1.66. The molecule has 0 bridgehead atoms. The minimum absolute atomic E-state index is 0.00854. The topological polar surface area (TPSA) is 75.3 Å². The fraction of sp³-hybridized carbons (Fsp3) is 0.400. The molecule has 2 N–H and O–H groups in total. The lowest BCUT2D eigenvalue weighted by molar-refractivity contribution is -0.118. The summed E-state index contributed by atoms with van der Waals surface area (Å²) in [5.74, 6) is 0.757. The molecule has 1 aromatic rings. The smallest absolute Gasteiger partial charge is 0.234 e. The molecule has 5 nitrogen and oxygen atoms in total. The maximum atomic E-state index is 11.8. The van der Waals surface area contributed by atoms with E-state index in [0.29, 0.717) is 17.0 Å². The zero-order chi connectivity index (χ0) is 15.8. The van der Waals surface area contributed by atoms with Crippen LogP contribution < -0.4 is 10.6 Å². The van der Waals surface area contributed by atoms with Crippen LogP contribution in [-0.2, 0) is 9.59 Å². The first-order chi connectivity index (χ1) is 9.93. The lowest BCUT2D eigenvalue weighted by Crippen LogP contribution is -2.35. The number of hydrogen-bond donors (Lipinski definition) is 2. The maximum absolute atomic E-state index is 11.8. The molecule has 0 spiro atoms. The van der Waals surface area contributed by atoms with Crippen LogP contribution in [0.4, 0.5) is 5.69 Å². The quantitative estimate of drug-likeness (QED) is 0.716. The van der Waals surface area contributed by atoms with Gasteiger partial charge >= 0.3 is 0 Å². The molecule has 0 aromatic heterocycles. The fourth-order valence-corrected chi connectivity index (χ4v) is 2.67. The van der Waals surface area contributed by atoms with Crippen molar-refractivity contribution in [3.63, 3.8) is 0 Å². The number of nitrogens with one attached hydrogen (secondary N) is 2. The average Bonchev–Trinajstić information content (AvgIpc) is 2.43. The number of rotatable bonds is 8. The predicted octanol–water partition coefficient (Wildman–Crippen LogP) is 1.74. The number of carbonyl (C=O) groups excluding carboxylic acids is 3. The molecule has 114 valence electrons. The molecule has 0 fully saturated rings. The highest BCUT2D eigenvalue weighted by Gasteiger charge is 2.12. The third kappa shape index (κ3) is 6.10. The van der Waals surface area contributed by atoms with E-state index >= 15 is 0 Å². The van der Waals surface area contributed by atoms with Gasteiger partial charge in [0.25, 0.3) is 0 Å². The highest BCUT2D eigenvalue weighted by molar-refractivity contribution is 8.00. The lowest BCUT2D eigenvalue weighted by atomic mass is 10.1. The largest absolute Gasteiger partial charge is 0.325 e. The molecule has 0 aliphatic heterocycles. The van der Waals surface area contributed by atoms with Crippen LogP contribution in [0, 0.1) is 0 Å². The van der Waals surface area contributed by atoms with Crippen LogP contribution in [-0.4, -0.2) is 42.1 Å². The molecule has 1 amide bonds. The van der Waals surface area contributed by atoms with Gasteiger partial charge in [-0.3, -0.25) is 14.4 Å². The zero-order valence-corrected chi connectivity index (χ0v) is 13.3. The van der Waals surface area contributed by atoms with Crippen LogP contribution in [0.25, 0.3) is 0 Å². The van der Waals surface area contributed by atoms with Gasteiger partial charge in [-0.15, -0.1) is 11.8 Å². The Morgan fingerprint density at radius 1 is 1.14 bits per heavy atom. The second-order valence-electron chi connectivity index (χ2n) is 4.65. The summed E-state index contributed by atoms with van der Waals surface area (Å²) in [5.41, 5.74) is 1.27. The molecular formula is C15H20N2O3S. The van der Waals surface area contributed by atoms with Gasteiger partial charge in [0.15, 0.2) is 5.78 Å². The number of anilines is 1. The van der Waals surface area contributed by atoms with Crippen molar-refractivity contribution in [2.24, 2.45) is 0 Å². The normalized spacial score (nSPS) is 11.8. The molecule has 0 radical (unpaired) electrons. The number of ketones is 2. The van der Waals surface area contributed by atoms with Crippen molar-refractivity contribution in [1.29, 1.82) is 0 Å². The van der Waals surface area contributed by atoms with Crippen molar-refractivity contribution < 1.29 is 14.4 Å². The van der Waals surface area contributed by atoms with Crippen molar-refractivity contribution in [3.8, 4) is 0 Å². The second kappa shape index (κ2) is 8.59. The van der Waals surface area contributed by atoms with Gasteiger partial charge in [-0.05, 0) is 45.2 Å². The number of Topliss-reactive ketones (excluding diaryl/α,β-unsaturated/α-hetero) is 2. The van der Waals surface area contributed by atoms with Gasteiger partial charge in [0, 0.05) is 17.0 Å². The first kappa shape index (κ1) is 17.4. The predicted molar refractivity (Wildman–Crippen MR) is 85.9 cm³/mol. The molecule has 0 aliphatic rings. The average molecular weight is 308 g/mol. The van der Waals surface area contributed by atoms with Crippen LogP contribution in [0.5, 0.6) is 0 Å². The summed E-state index contributed by atoms with van der Waals surface area (Å²) < 4.78 is 0. The van der Waals surface area contributed by atoms with E-state index in [1.807, 2.05) is 0 Å². The van der Waals surface area contributed by atoms with Crippen molar-refractivity contribution in [2.45, 2.75) is 19.9 Å². The molecule has 1 unspecified atom stereocenters. The van der Waals surface area contributed by atoms with Crippen LogP contribution in [0.1, 0.15) is 24.2 Å². The molecule has 1 rings (SSSR count). The standard InChI is InChI=1S/C15H20N2O3S/c1-10(18)12-4-6-13(7-5-12)17-15(20)9-21-8-14(16-3)11(2)19/h4-7,14,16H,8-9H2,1-3H3,(H,17,20). The summed E-state index contributed by atoms with van der Waals surface area (Å²) in [4.78, 5) is 34.1. The minimum Gasteiger partial charge on any atom is -0.325 e. The Morgan fingerprint density at radius 2 is 1.76 bits per heavy atom. The van der Waals surface area contributed by atoms with Gasteiger partial charge in [0.1, 0.15) is 5.78 Å². The Kier molecular flexibility index (Phi) is 7.11. The Hall–Kier alpha value is -1.66. The maximum Gasteiger partial charge on any atom is 0.234 e. The summed E-state index contributed by atoms with van der Waals surface area (Å²) in [7, 11) is 1.73. The minimum atomic E-state index is -0.224. The number of amides is 1. The monoisotopic (exact) mass is 308 g/mol. The number of likely N-dealkylation sites (N-methyl/N-ethyl adjacent to an activating group) is 1. The van der Waals surface area contributed by atoms with Crippen molar-refractivity contribution in [1.82, 2.24) is 5.32 Å². The Labute approximate surface area is 128 Å². The summed E-state index contributed by atoms with van der Waals surface area (Å²) >= 11 is 1.40. The lowest BCUT2D eigenvalue weighted by Gasteiger charge is -2.12. The van der Waals surface area contributed by atoms with Crippen molar-refractivity contribution >= 4 is 34.9 Å². The van der Waals surface area contributed by atoms with E-state index in [9.17, 15) is 14.4 Å². The Morgan fingerprint density at radius 3 is 2.24 bits per heavy atom. The highest BCUT2D eigenvalue weighted by Crippen LogP contribution is 2.11. The van der Waals surface area contributed by atoms with E-state index in [4.69, 9.17) is 0 Å². The Balaban J connectivity index is 2.40. The summed E-state index contributed by atoms with van der Waals surface area (Å²) in [6.45, 7) is 3.02.